The number of benzene rings is 1. The Morgan fingerprint density at radius 3 is 2.53 bits per heavy atom. The molecule has 15 heavy (non-hydrogen) atoms. The summed E-state index contributed by atoms with van der Waals surface area (Å²) in [7, 11) is 0. The van der Waals surface area contributed by atoms with E-state index in [0.717, 1.165) is 10.6 Å². The van der Waals surface area contributed by atoms with E-state index < -0.39 is 6.10 Å². The fourth-order valence-electron chi connectivity index (χ4n) is 1.20. The van der Waals surface area contributed by atoms with Crippen LogP contribution in [0.1, 0.15) is 18.7 Å². The topological polar surface area (TPSA) is 33.1 Å². The molecule has 0 bridgehead atoms. The average molecular weight is 240 g/mol. The fraction of sp³-hybridized carbons (Fsp3) is 0.182. The summed E-state index contributed by atoms with van der Waals surface area (Å²) in [6, 6.07) is 7.51. The molecule has 2 rings (SSSR count). The first-order valence-electron chi connectivity index (χ1n) is 4.56. The van der Waals surface area contributed by atoms with E-state index in [1.807, 2.05) is 29.6 Å². The van der Waals surface area contributed by atoms with E-state index in [1.165, 1.54) is 11.3 Å². The smallest absolute Gasteiger partial charge is 0.123 e. The van der Waals surface area contributed by atoms with Crippen molar-refractivity contribution in [3.8, 4) is 10.6 Å². The Morgan fingerprint density at radius 1 is 1.33 bits per heavy atom. The van der Waals surface area contributed by atoms with Gasteiger partial charge in [-0.15, -0.1) is 11.3 Å². The minimum Gasteiger partial charge on any atom is -0.387 e. The molecule has 0 radical (unpaired) electrons. The SMILES string of the molecule is CC(O)c1csc(-c2ccc(Cl)cc2)n1. The molecule has 0 aliphatic heterocycles. The molecule has 4 heteroatoms. The quantitative estimate of drug-likeness (QED) is 0.870. The first kappa shape index (κ1) is 10.6. The molecule has 1 aromatic heterocycles. The van der Waals surface area contributed by atoms with Crippen molar-refractivity contribution in [1.82, 2.24) is 4.98 Å². The second kappa shape index (κ2) is 4.31. The third kappa shape index (κ3) is 2.37. The van der Waals surface area contributed by atoms with Crippen molar-refractivity contribution in [3.63, 3.8) is 0 Å². The Hall–Kier alpha value is -0.900. The first-order valence-corrected chi connectivity index (χ1v) is 5.82. The number of thiazole rings is 1. The van der Waals surface area contributed by atoms with Crippen LogP contribution in [0, 0.1) is 0 Å². The van der Waals surface area contributed by atoms with Crippen molar-refractivity contribution in [2.45, 2.75) is 13.0 Å². The third-order valence-corrected chi connectivity index (χ3v) is 3.20. The summed E-state index contributed by atoms with van der Waals surface area (Å²) in [4.78, 5) is 4.34. The zero-order chi connectivity index (χ0) is 10.8. The van der Waals surface area contributed by atoms with Crippen LogP contribution in [0.4, 0.5) is 0 Å². The number of hydrogen-bond acceptors (Lipinski definition) is 3. The highest BCUT2D eigenvalue weighted by Gasteiger charge is 2.07. The number of rotatable bonds is 2. The molecular weight excluding hydrogens is 230 g/mol. The van der Waals surface area contributed by atoms with Crippen LogP contribution in [0.3, 0.4) is 0 Å². The third-order valence-electron chi connectivity index (χ3n) is 2.04. The molecule has 0 fully saturated rings. The molecule has 0 aliphatic carbocycles. The zero-order valence-electron chi connectivity index (χ0n) is 8.14. The van der Waals surface area contributed by atoms with Crippen molar-refractivity contribution in [3.05, 3.63) is 40.4 Å². The van der Waals surface area contributed by atoms with Crippen molar-refractivity contribution in [1.29, 1.82) is 0 Å². The Balaban J connectivity index is 2.33. The predicted molar refractivity (Wildman–Crippen MR) is 63.2 cm³/mol. The van der Waals surface area contributed by atoms with Crippen molar-refractivity contribution in [2.24, 2.45) is 0 Å². The fourth-order valence-corrected chi connectivity index (χ4v) is 2.24. The Bertz CT molecular complexity index is 450. The number of aromatic nitrogens is 1. The van der Waals surface area contributed by atoms with Crippen LogP contribution in [0.2, 0.25) is 5.02 Å². The molecule has 0 saturated carbocycles. The lowest BCUT2D eigenvalue weighted by atomic mass is 10.2. The van der Waals surface area contributed by atoms with E-state index >= 15 is 0 Å². The van der Waals surface area contributed by atoms with Gasteiger partial charge in [0.15, 0.2) is 0 Å². The van der Waals surface area contributed by atoms with Gasteiger partial charge in [0.1, 0.15) is 5.01 Å². The monoisotopic (exact) mass is 239 g/mol. The van der Waals surface area contributed by atoms with Crippen molar-refractivity contribution >= 4 is 22.9 Å². The van der Waals surface area contributed by atoms with Crippen LogP contribution in [0.15, 0.2) is 29.6 Å². The van der Waals surface area contributed by atoms with Crippen LogP contribution in [-0.4, -0.2) is 10.1 Å². The molecule has 1 unspecified atom stereocenters. The van der Waals surface area contributed by atoms with E-state index in [9.17, 15) is 5.11 Å². The summed E-state index contributed by atoms with van der Waals surface area (Å²) in [5.74, 6) is 0. The molecule has 0 spiro atoms. The maximum absolute atomic E-state index is 9.35. The molecule has 0 amide bonds. The summed E-state index contributed by atoms with van der Waals surface area (Å²) in [6.45, 7) is 1.71. The number of aliphatic hydroxyl groups is 1. The Labute approximate surface area is 97.2 Å². The maximum atomic E-state index is 9.35. The van der Waals surface area contributed by atoms with E-state index in [0.29, 0.717) is 10.7 Å². The van der Waals surface area contributed by atoms with Gasteiger partial charge in [-0.2, -0.15) is 0 Å². The van der Waals surface area contributed by atoms with Gasteiger partial charge in [-0.3, -0.25) is 0 Å². The normalized spacial score (nSPS) is 12.7. The standard InChI is InChI=1S/C11H10ClNOS/c1-7(14)10-6-15-11(13-10)8-2-4-9(12)5-3-8/h2-7,14H,1H3. The molecule has 1 aromatic carbocycles. The predicted octanol–water partition coefficient (Wildman–Crippen LogP) is 3.52. The number of nitrogens with zero attached hydrogens (tertiary/aromatic N) is 1. The van der Waals surface area contributed by atoms with Crippen LogP contribution in [-0.2, 0) is 0 Å². The van der Waals surface area contributed by atoms with E-state index in [-0.39, 0.29) is 0 Å². The van der Waals surface area contributed by atoms with Crippen molar-refractivity contribution < 1.29 is 5.11 Å². The molecule has 1 atom stereocenters. The molecule has 2 aromatic rings. The summed E-state index contributed by atoms with van der Waals surface area (Å²) in [6.07, 6.45) is -0.512. The van der Waals surface area contributed by atoms with Gasteiger partial charge in [0, 0.05) is 16.0 Å². The van der Waals surface area contributed by atoms with Crippen LogP contribution < -0.4 is 0 Å². The van der Waals surface area contributed by atoms with E-state index in [4.69, 9.17) is 11.6 Å². The van der Waals surface area contributed by atoms with Gasteiger partial charge in [-0.25, -0.2) is 4.98 Å². The van der Waals surface area contributed by atoms with E-state index in [1.54, 1.807) is 6.92 Å². The van der Waals surface area contributed by atoms with Gasteiger partial charge in [0.25, 0.3) is 0 Å². The second-order valence-electron chi connectivity index (χ2n) is 3.26. The van der Waals surface area contributed by atoms with Gasteiger partial charge in [0.05, 0.1) is 11.8 Å². The molecule has 1 N–H and O–H groups in total. The van der Waals surface area contributed by atoms with Gasteiger partial charge >= 0.3 is 0 Å². The maximum Gasteiger partial charge on any atom is 0.123 e. The summed E-state index contributed by atoms with van der Waals surface area (Å²) in [5.41, 5.74) is 1.74. The summed E-state index contributed by atoms with van der Waals surface area (Å²) in [5, 5.41) is 12.8. The number of hydrogen-bond donors (Lipinski definition) is 1. The molecule has 0 aliphatic rings. The lowest BCUT2D eigenvalue weighted by Gasteiger charge is -1.98. The molecule has 0 saturated heterocycles. The van der Waals surface area contributed by atoms with Crippen molar-refractivity contribution in [2.75, 3.05) is 0 Å². The highest BCUT2D eigenvalue weighted by molar-refractivity contribution is 7.13. The van der Waals surface area contributed by atoms with Gasteiger partial charge in [0.2, 0.25) is 0 Å². The minimum absolute atomic E-state index is 0.512. The van der Waals surface area contributed by atoms with E-state index in [2.05, 4.69) is 4.98 Å². The highest BCUT2D eigenvalue weighted by atomic mass is 35.5. The highest BCUT2D eigenvalue weighted by Crippen LogP contribution is 2.26. The largest absolute Gasteiger partial charge is 0.387 e. The molecular formula is C11H10ClNOS. The molecule has 2 nitrogen and oxygen atoms in total. The first-order chi connectivity index (χ1) is 7.16. The summed E-state index contributed by atoms with van der Waals surface area (Å²) < 4.78 is 0. The van der Waals surface area contributed by atoms with Gasteiger partial charge < -0.3 is 5.11 Å². The number of halogens is 1. The minimum atomic E-state index is -0.512. The zero-order valence-corrected chi connectivity index (χ0v) is 9.72. The average Bonchev–Trinajstić information content (AvgIpc) is 2.68. The molecule has 78 valence electrons. The lowest BCUT2D eigenvalue weighted by molar-refractivity contribution is 0.195. The Kier molecular flexibility index (Phi) is 3.05. The van der Waals surface area contributed by atoms with Crippen LogP contribution >= 0.6 is 22.9 Å². The van der Waals surface area contributed by atoms with Crippen LogP contribution in [0.25, 0.3) is 10.6 Å². The lowest BCUT2D eigenvalue weighted by Crippen LogP contribution is -1.90. The second-order valence-corrected chi connectivity index (χ2v) is 4.55. The van der Waals surface area contributed by atoms with Gasteiger partial charge in [-0.1, -0.05) is 23.7 Å². The molecule has 1 heterocycles. The van der Waals surface area contributed by atoms with Gasteiger partial charge in [-0.05, 0) is 19.1 Å². The van der Waals surface area contributed by atoms with Crippen LogP contribution in [0.5, 0.6) is 0 Å². The number of aliphatic hydroxyl groups excluding tert-OH is 1. The summed E-state index contributed by atoms with van der Waals surface area (Å²) >= 11 is 7.32. The Morgan fingerprint density at radius 2 is 2.00 bits per heavy atom.